The zero-order valence-corrected chi connectivity index (χ0v) is 36.0. The predicted molar refractivity (Wildman–Crippen MR) is 222 cm³/mol. The highest BCUT2D eigenvalue weighted by Crippen LogP contribution is 2.38. The van der Waals surface area contributed by atoms with Gasteiger partial charge in [-0.3, -0.25) is 14.2 Å². The molecule has 0 saturated carbocycles. The maximum atomic E-state index is 12.6. The third-order valence-corrected chi connectivity index (χ3v) is 9.80. The van der Waals surface area contributed by atoms with Crippen molar-refractivity contribution in [2.75, 3.05) is 47.5 Å². The molecule has 2 unspecified atom stereocenters. The number of esters is 2. The fourth-order valence-electron chi connectivity index (χ4n) is 5.48. The number of phosphoric ester groups is 1. The predicted octanol–water partition coefficient (Wildman–Crippen LogP) is 11.3. The summed E-state index contributed by atoms with van der Waals surface area (Å²) in [5.41, 5.74) is 0. The molecular weight excluding hydrogens is 701 g/mol. The highest BCUT2D eigenvalue weighted by molar-refractivity contribution is 7.45. The maximum absolute atomic E-state index is 12.6. The van der Waals surface area contributed by atoms with E-state index in [9.17, 15) is 19.0 Å². The standard InChI is InChI=1S/C44H80NO8P/c1-6-8-10-12-14-16-18-20-22-24-26-28-30-32-34-36-43(46)50-40-42(41-52-54(48,49)51-39-38-45(3,4)5)53-44(47)37-35-33-31-29-27-25-23-21-19-17-15-13-11-9-7-2/h11,13,17,19,23,25,29,31,42H,6-10,12,14-16,18,20-22,24,26-28,30,32-41H2,1-5H3/b13-11-,19-17-,25-23-,31-29-. The van der Waals surface area contributed by atoms with Gasteiger partial charge >= 0.3 is 11.9 Å². The van der Waals surface area contributed by atoms with Gasteiger partial charge in [0.15, 0.2) is 6.10 Å². The van der Waals surface area contributed by atoms with Crippen LogP contribution in [0.3, 0.4) is 0 Å². The van der Waals surface area contributed by atoms with Crippen molar-refractivity contribution in [1.29, 1.82) is 0 Å². The molecule has 0 rings (SSSR count). The normalized spacial score (nSPS) is 14.1. The van der Waals surface area contributed by atoms with E-state index in [1.165, 1.54) is 83.5 Å². The lowest BCUT2D eigenvalue weighted by molar-refractivity contribution is -0.870. The SMILES string of the molecule is CCC/C=C\C/C=C\C/C=C\C/C=C\CCCC(=O)OC(COC(=O)CCCCCCCCCCCCCCCCC)COP(=O)([O-])OCC[N+](C)(C)C. The van der Waals surface area contributed by atoms with Crippen LogP contribution in [0.1, 0.15) is 168 Å². The second-order valence-corrected chi connectivity index (χ2v) is 16.8. The Hall–Kier alpha value is -2.03. The Morgan fingerprint density at radius 3 is 1.54 bits per heavy atom. The lowest BCUT2D eigenvalue weighted by Gasteiger charge is -2.28. The molecule has 0 aliphatic rings. The van der Waals surface area contributed by atoms with Crippen LogP contribution < -0.4 is 4.89 Å². The van der Waals surface area contributed by atoms with Crippen LogP contribution in [0.15, 0.2) is 48.6 Å². The third kappa shape index (κ3) is 39.7. The van der Waals surface area contributed by atoms with Gasteiger partial charge in [0.05, 0.1) is 27.7 Å². The largest absolute Gasteiger partial charge is 0.756 e. The van der Waals surface area contributed by atoms with E-state index in [1.807, 2.05) is 27.2 Å². The number of nitrogens with zero attached hydrogens (tertiary/aromatic N) is 1. The fourth-order valence-corrected chi connectivity index (χ4v) is 6.21. The first kappa shape index (κ1) is 52.0. The van der Waals surface area contributed by atoms with Gasteiger partial charge in [-0.25, -0.2) is 0 Å². The molecule has 0 saturated heterocycles. The molecule has 0 aromatic rings. The van der Waals surface area contributed by atoms with Crippen LogP contribution in [0.5, 0.6) is 0 Å². The van der Waals surface area contributed by atoms with E-state index in [0.717, 1.165) is 44.9 Å². The average molecular weight is 782 g/mol. The summed E-state index contributed by atoms with van der Waals surface area (Å²) < 4.78 is 33.8. The van der Waals surface area contributed by atoms with E-state index in [1.54, 1.807) is 0 Å². The van der Waals surface area contributed by atoms with Gasteiger partial charge in [-0.05, 0) is 44.9 Å². The van der Waals surface area contributed by atoms with Crippen molar-refractivity contribution in [2.24, 2.45) is 0 Å². The van der Waals surface area contributed by atoms with E-state index < -0.39 is 32.5 Å². The molecule has 10 heteroatoms. The van der Waals surface area contributed by atoms with Crippen molar-refractivity contribution in [2.45, 2.75) is 174 Å². The van der Waals surface area contributed by atoms with Crippen LogP contribution >= 0.6 is 7.82 Å². The molecule has 0 spiro atoms. The number of allylic oxidation sites excluding steroid dienone is 8. The number of likely N-dealkylation sites (N-methyl/N-ethyl adjacent to an activating group) is 1. The molecule has 0 radical (unpaired) electrons. The number of quaternary nitrogens is 1. The number of carbonyl (C=O) groups excluding carboxylic acids is 2. The lowest BCUT2D eigenvalue weighted by atomic mass is 10.0. The van der Waals surface area contributed by atoms with E-state index >= 15 is 0 Å². The average Bonchev–Trinajstić information content (AvgIpc) is 3.12. The summed E-state index contributed by atoms with van der Waals surface area (Å²) >= 11 is 0. The Labute approximate surface area is 331 Å². The van der Waals surface area contributed by atoms with Gasteiger partial charge in [-0.15, -0.1) is 0 Å². The number of ether oxygens (including phenoxy) is 2. The van der Waals surface area contributed by atoms with Gasteiger partial charge in [-0.2, -0.15) is 0 Å². The second kappa shape index (κ2) is 36.6. The summed E-state index contributed by atoms with van der Waals surface area (Å²) in [5, 5.41) is 0. The first-order valence-electron chi connectivity index (χ1n) is 21.3. The van der Waals surface area contributed by atoms with Crippen LogP contribution in [-0.2, 0) is 32.7 Å². The van der Waals surface area contributed by atoms with Crippen molar-refractivity contribution in [3.63, 3.8) is 0 Å². The molecule has 0 aliphatic heterocycles. The number of hydrogen-bond donors (Lipinski definition) is 0. The lowest BCUT2D eigenvalue weighted by Crippen LogP contribution is -2.37. The van der Waals surface area contributed by atoms with Gasteiger partial charge in [-0.1, -0.05) is 159 Å². The summed E-state index contributed by atoms with van der Waals surface area (Å²) in [6, 6.07) is 0. The Morgan fingerprint density at radius 2 is 1.04 bits per heavy atom. The topological polar surface area (TPSA) is 111 Å². The zero-order chi connectivity index (χ0) is 40.0. The van der Waals surface area contributed by atoms with Crippen molar-refractivity contribution in [1.82, 2.24) is 0 Å². The van der Waals surface area contributed by atoms with E-state index in [4.69, 9.17) is 18.5 Å². The summed E-state index contributed by atoms with van der Waals surface area (Å²) in [7, 11) is 1.13. The summed E-state index contributed by atoms with van der Waals surface area (Å²) in [6.07, 6.45) is 41.4. The monoisotopic (exact) mass is 782 g/mol. The first-order valence-corrected chi connectivity index (χ1v) is 22.8. The van der Waals surface area contributed by atoms with E-state index in [-0.39, 0.29) is 26.1 Å². The Morgan fingerprint density at radius 1 is 0.574 bits per heavy atom. The van der Waals surface area contributed by atoms with Crippen LogP contribution in [0.2, 0.25) is 0 Å². The summed E-state index contributed by atoms with van der Waals surface area (Å²) in [4.78, 5) is 37.4. The van der Waals surface area contributed by atoms with Gasteiger partial charge in [0, 0.05) is 12.8 Å². The fraction of sp³-hybridized carbons (Fsp3) is 0.773. The number of phosphoric acid groups is 1. The molecule has 0 fully saturated rings. The molecule has 314 valence electrons. The maximum Gasteiger partial charge on any atom is 0.306 e. The van der Waals surface area contributed by atoms with Crippen molar-refractivity contribution in [3.05, 3.63) is 48.6 Å². The van der Waals surface area contributed by atoms with Gasteiger partial charge < -0.3 is 27.9 Å². The Balaban J connectivity index is 4.46. The molecule has 0 N–H and O–H groups in total. The molecule has 54 heavy (non-hydrogen) atoms. The molecule has 0 aliphatic carbocycles. The Bertz CT molecular complexity index is 1070. The van der Waals surface area contributed by atoms with Gasteiger partial charge in [0.2, 0.25) is 0 Å². The molecule has 0 heterocycles. The molecule has 0 aromatic carbocycles. The number of rotatable bonds is 38. The number of unbranched alkanes of at least 4 members (excludes halogenated alkanes) is 16. The summed E-state index contributed by atoms with van der Waals surface area (Å²) in [6.45, 7) is 4.09. The minimum absolute atomic E-state index is 0.0413. The zero-order valence-electron chi connectivity index (χ0n) is 35.2. The van der Waals surface area contributed by atoms with Crippen molar-refractivity contribution >= 4 is 19.8 Å². The first-order chi connectivity index (χ1) is 26.0. The van der Waals surface area contributed by atoms with E-state index in [0.29, 0.717) is 23.9 Å². The van der Waals surface area contributed by atoms with Crippen LogP contribution in [0, 0.1) is 0 Å². The van der Waals surface area contributed by atoms with Crippen LogP contribution in [-0.4, -0.2) is 70.0 Å². The quantitative estimate of drug-likeness (QED) is 0.0200. The van der Waals surface area contributed by atoms with E-state index in [2.05, 4.69) is 56.4 Å². The highest BCUT2D eigenvalue weighted by Gasteiger charge is 2.21. The third-order valence-electron chi connectivity index (χ3n) is 8.83. The number of hydrogen-bond acceptors (Lipinski definition) is 8. The van der Waals surface area contributed by atoms with Crippen LogP contribution in [0.4, 0.5) is 0 Å². The number of carbonyl (C=O) groups is 2. The second-order valence-electron chi connectivity index (χ2n) is 15.4. The minimum atomic E-state index is -4.64. The van der Waals surface area contributed by atoms with Crippen LogP contribution in [0.25, 0.3) is 0 Å². The minimum Gasteiger partial charge on any atom is -0.756 e. The smallest absolute Gasteiger partial charge is 0.306 e. The van der Waals surface area contributed by atoms with Crippen molar-refractivity contribution in [3.8, 4) is 0 Å². The molecular formula is C44H80NO8P. The molecule has 0 bridgehead atoms. The van der Waals surface area contributed by atoms with Gasteiger partial charge in [0.25, 0.3) is 7.82 Å². The van der Waals surface area contributed by atoms with Crippen molar-refractivity contribution < 1.29 is 42.1 Å². The molecule has 0 aromatic heterocycles. The summed E-state index contributed by atoms with van der Waals surface area (Å²) in [5.74, 6) is -0.900. The Kier molecular flexibility index (Phi) is 35.2. The molecule has 9 nitrogen and oxygen atoms in total. The highest BCUT2D eigenvalue weighted by atomic mass is 31.2. The molecule has 0 amide bonds. The molecule has 2 atom stereocenters. The van der Waals surface area contributed by atoms with Gasteiger partial charge in [0.1, 0.15) is 19.8 Å².